The minimum absolute atomic E-state index is 0.962. The molecule has 68 valence electrons. The molecule has 1 aromatic heterocycles. The average molecular weight is 191 g/mol. The number of hydrogen-bond donors (Lipinski definition) is 1. The molecule has 0 aliphatic carbocycles. The summed E-state index contributed by atoms with van der Waals surface area (Å²) in [6, 6.07) is 6.63. The van der Waals surface area contributed by atoms with Crippen LogP contribution in [-0.4, -0.2) is 7.05 Å². The maximum Gasteiger partial charge on any atom is 0.0346 e. The van der Waals surface area contributed by atoms with E-state index < -0.39 is 0 Å². The van der Waals surface area contributed by atoms with E-state index >= 15 is 0 Å². The Morgan fingerprint density at radius 2 is 2.23 bits per heavy atom. The Labute approximate surface area is 82.4 Å². The van der Waals surface area contributed by atoms with Gasteiger partial charge in [-0.25, -0.2) is 0 Å². The van der Waals surface area contributed by atoms with Gasteiger partial charge in [0, 0.05) is 11.2 Å². The Kier molecular flexibility index (Phi) is 2.34. The van der Waals surface area contributed by atoms with Crippen molar-refractivity contribution in [2.75, 3.05) is 7.05 Å². The molecule has 0 saturated heterocycles. The molecule has 0 radical (unpaired) electrons. The molecule has 0 saturated carbocycles. The summed E-state index contributed by atoms with van der Waals surface area (Å²) < 4.78 is 1.39. The molecule has 2 aromatic rings. The molecule has 1 heterocycles. The lowest BCUT2D eigenvalue weighted by atomic mass is 10.1. The summed E-state index contributed by atoms with van der Waals surface area (Å²) >= 11 is 1.82. The zero-order valence-electron chi connectivity index (χ0n) is 7.92. The normalized spacial score (nSPS) is 10.9. The first-order valence-electron chi connectivity index (χ1n) is 4.42. The SMILES string of the molecule is CNCc1csc2ccc(C)cc12. The maximum absolute atomic E-state index is 3.19. The second kappa shape index (κ2) is 3.48. The Bertz CT molecular complexity index is 417. The van der Waals surface area contributed by atoms with Crippen LogP contribution in [0.1, 0.15) is 11.1 Å². The summed E-state index contributed by atoms with van der Waals surface area (Å²) in [5.74, 6) is 0. The topological polar surface area (TPSA) is 12.0 Å². The van der Waals surface area contributed by atoms with Gasteiger partial charge in [0.05, 0.1) is 0 Å². The predicted octanol–water partition coefficient (Wildman–Crippen LogP) is 2.93. The third-order valence-corrected chi connectivity index (χ3v) is 3.19. The third-order valence-electron chi connectivity index (χ3n) is 2.18. The second-order valence-corrected chi connectivity index (χ2v) is 4.20. The van der Waals surface area contributed by atoms with E-state index in [2.05, 4.69) is 35.8 Å². The van der Waals surface area contributed by atoms with Crippen LogP contribution >= 0.6 is 11.3 Å². The second-order valence-electron chi connectivity index (χ2n) is 3.29. The molecule has 1 N–H and O–H groups in total. The molecule has 0 atom stereocenters. The molecule has 0 aliphatic heterocycles. The maximum atomic E-state index is 3.19. The molecular formula is C11H13NS. The fraction of sp³-hybridized carbons (Fsp3) is 0.273. The van der Waals surface area contributed by atoms with Crippen molar-refractivity contribution in [1.29, 1.82) is 0 Å². The summed E-state index contributed by atoms with van der Waals surface area (Å²) in [5.41, 5.74) is 2.74. The van der Waals surface area contributed by atoms with Crippen LogP contribution in [0.4, 0.5) is 0 Å². The number of nitrogens with one attached hydrogen (secondary N) is 1. The molecule has 0 amide bonds. The molecule has 13 heavy (non-hydrogen) atoms. The van der Waals surface area contributed by atoms with Crippen LogP contribution in [0, 0.1) is 6.92 Å². The minimum Gasteiger partial charge on any atom is -0.316 e. The van der Waals surface area contributed by atoms with E-state index in [1.54, 1.807) is 0 Å². The lowest BCUT2D eigenvalue weighted by Crippen LogP contribution is -2.03. The van der Waals surface area contributed by atoms with Crippen molar-refractivity contribution in [3.05, 3.63) is 34.7 Å². The molecule has 0 spiro atoms. The van der Waals surface area contributed by atoms with Crippen molar-refractivity contribution in [2.24, 2.45) is 0 Å². The van der Waals surface area contributed by atoms with Crippen LogP contribution in [0.5, 0.6) is 0 Å². The summed E-state index contributed by atoms with van der Waals surface area (Å²) in [6.45, 7) is 3.10. The quantitative estimate of drug-likeness (QED) is 0.769. The van der Waals surface area contributed by atoms with Gasteiger partial charge in [-0.2, -0.15) is 0 Å². The molecular weight excluding hydrogens is 178 g/mol. The molecule has 2 rings (SSSR count). The molecule has 0 bridgehead atoms. The van der Waals surface area contributed by atoms with Gasteiger partial charge in [-0.3, -0.25) is 0 Å². The number of fused-ring (bicyclic) bond motifs is 1. The van der Waals surface area contributed by atoms with Gasteiger partial charge in [0.15, 0.2) is 0 Å². The van der Waals surface area contributed by atoms with Gasteiger partial charge in [0.2, 0.25) is 0 Å². The van der Waals surface area contributed by atoms with Crippen LogP contribution in [0.2, 0.25) is 0 Å². The van der Waals surface area contributed by atoms with Crippen molar-refractivity contribution >= 4 is 21.4 Å². The average Bonchev–Trinajstić information content (AvgIpc) is 2.49. The highest BCUT2D eigenvalue weighted by atomic mass is 32.1. The number of rotatable bonds is 2. The summed E-state index contributed by atoms with van der Waals surface area (Å²) in [5, 5.41) is 6.83. The summed E-state index contributed by atoms with van der Waals surface area (Å²) in [4.78, 5) is 0. The van der Waals surface area contributed by atoms with Crippen molar-refractivity contribution < 1.29 is 0 Å². The monoisotopic (exact) mass is 191 g/mol. The van der Waals surface area contributed by atoms with E-state index in [4.69, 9.17) is 0 Å². The molecule has 2 heteroatoms. The van der Waals surface area contributed by atoms with Gasteiger partial charge < -0.3 is 5.32 Å². The first-order valence-corrected chi connectivity index (χ1v) is 5.30. The van der Waals surface area contributed by atoms with E-state index in [0.29, 0.717) is 0 Å². The predicted molar refractivity (Wildman–Crippen MR) is 59.3 cm³/mol. The molecule has 0 fully saturated rings. The van der Waals surface area contributed by atoms with Gasteiger partial charge in [-0.1, -0.05) is 17.7 Å². The number of thiophene rings is 1. The number of hydrogen-bond acceptors (Lipinski definition) is 2. The van der Waals surface area contributed by atoms with E-state index in [-0.39, 0.29) is 0 Å². The zero-order valence-corrected chi connectivity index (χ0v) is 8.74. The van der Waals surface area contributed by atoms with E-state index in [9.17, 15) is 0 Å². The minimum atomic E-state index is 0.962. The molecule has 1 nitrogen and oxygen atoms in total. The van der Waals surface area contributed by atoms with Gasteiger partial charge >= 0.3 is 0 Å². The van der Waals surface area contributed by atoms with Gasteiger partial charge in [0.1, 0.15) is 0 Å². The number of benzene rings is 1. The Balaban J connectivity index is 2.58. The van der Waals surface area contributed by atoms with Gasteiger partial charge in [-0.15, -0.1) is 11.3 Å². The standard InChI is InChI=1S/C11H13NS/c1-8-3-4-11-10(5-8)9(6-12-2)7-13-11/h3-5,7,12H,6H2,1-2H3. The van der Waals surface area contributed by atoms with Crippen molar-refractivity contribution in [1.82, 2.24) is 5.32 Å². The van der Waals surface area contributed by atoms with Crippen LogP contribution < -0.4 is 5.32 Å². The van der Waals surface area contributed by atoms with Crippen LogP contribution in [0.15, 0.2) is 23.6 Å². The van der Waals surface area contributed by atoms with Crippen LogP contribution in [-0.2, 0) is 6.54 Å². The first-order chi connectivity index (χ1) is 6.31. The highest BCUT2D eigenvalue weighted by molar-refractivity contribution is 7.17. The Morgan fingerprint density at radius 3 is 3.00 bits per heavy atom. The first kappa shape index (κ1) is 8.73. The molecule has 0 aliphatic rings. The van der Waals surface area contributed by atoms with Crippen molar-refractivity contribution in [3.63, 3.8) is 0 Å². The van der Waals surface area contributed by atoms with Gasteiger partial charge in [0.25, 0.3) is 0 Å². The fourth-order valence-electron chi connectivity index (χ4n) is 1.52. The van der Waals surface area contributed by atoms with E-state index in [1.807, 2.05) is 18.4 Å². The molecule has 1 aromatic carbocycles. The smallest absolute Gasteiger partial charge is 0.0346 e. The van der Waals surface area contributed by atoms with Crippen molar-refractivity contribution in [2.45, 2.75) is 13.5 Å². The van der Waals surface area contributed by atoms with E-state index in [0.717, 1.165) is 6.54 Å². The van der Waals surface area contributed by atoms with Crippen LogP contribution in [0.3, 0.4) is 0 Å². The highest BCUT2D eigenvalue weighted by Gasteiger charge is 2.02. The third kappa shape index (κ3) is 1.60. The number of aryl methyl sites for hydroxylation is 1. The van der Waals surface area contributed by atoms with Gasteiger partial charge in [-0.05, 0) is 36.4 Å². The fourth-order valence-corrected chi connectivity index (χ4v) is 2.47. The highest BCUT2D eigenvalue weighted by Crippen LogP contribution is 2.26. The van der Waals surface area contributed by atoms with Crippen LogP contribution in [0.25, 0.3) is 10.1 Å². The van der Waals surface area contributed by atoms with Crippen molar-refractivity contribution in [3.8, 4) is 0 Å². The molecule has 0 unspecified atom stereocenters. The Hall–Kier alpha value is -0.860. The summed E-state index contributed by atoms with van der Waals surface area (Å²) in [7, 11) is 1.99. The summed E-state index contributed by atoms with van der Waals surface area (Å²) in [6.07, 6.45) is 0. The van der Waals surface area contributed by atoms with E-state index in [1.165, 1.54) is 21.2 Å². The lowest BCUT2D eigenvalue weighted by Gasteiger charge is -1.98. The Morgan fingerprint density at radius 1 is 1.38 bits per heavy atom. The lowest BCUT2D eigenvalue weighted by molar-refractivity contribution is 0.826. The largest absolute Gasteiger partial charge is 0.316 e. The zero-order chi connectivity index (χ0) is 9.26.